The smallest absolute Gasteiger partial charge is 0.242 e. The van der Waals surface area contributed by atoms with Crippen LogP contribution in [0.5, 0.6) is 5.75 Å². The number of hydrogen-bond acceptors (Lipinski definition) is 3. The molecule has 1 saturated heterocycles. The first-order chi connectivity index (χ1) is 8.72. The van der Waals surface area contributed by atoms with Crippen molar-refractivity contribution in [1.29, 1.82) is 0 Å². The van der Waals surface area contributed by atoms with Crippen LogP contribution in [0.1, 0.15) is 5.56 Å². The SMILES string of the molecule is COc1ccc(CN2CCN(C=O)CC2=O)cc1. The van der Waals surface area contributed by atoms with Gasteiger partial charge in [0.25, 0.3) is 0 Å². The average molecular weight is 248 g/mol. The van der Waals surface area contributed by atoms with E-state index < -0.39 is 0 Å². The third-order valence-electron chi connectivity index (χ3n) is 3.03. The molecule has 0 unspecified atom stereocenters. The lowest BCUT2D eigenvalue weighted by atomic mass is 10.2. The Labute approximate surface area is 106 Å². The van der Waals surface area contributed by atoms with Gasteiger partial charge in [0.05, 0.1) is 13.7 Å². The second-order valence-corrected chi connectivity index (χ2v) is 4.24. The molecule has 0 spiro atoms. The molecule has 1 aliphatic rings. The molecular weight excluding hydrogens is 232 g/mol. The summed E-state index contributed by atoms with van der Waals surface area (Å²) in [7, 11) is 1.62. The Morgan fingerprint density at radius 1 is 1.28 bits per heavy atom. The molecule has 1 heterocycles. The van der Waals surface area contributed by atoms with Crippen LogP contribution in [-0.4, -0.2) is 48.9 Å². The van der Waals surface area contributed by atoms with Crippen molar-refractivity contribution < 1.29 is 14.3 Å². The summed E-state index contributed by atoms with van der Waals surface area (Å²) in [5.74, 6) is 0.792. The van der Waals surface area contributed by atoms with Gasteiger partial charge in [0.1, 0.15) is 5.75 Å². The van der Waals surface area contributed by atoms with Gasteiger partial charge in [-0.05, 0) is 17.7 Å². The normalized spacial score (nSPS) is 15.7. The van der Waals surface area contributed by atoms with E-state index in [0.29, 0.717) is 19.6 Å². The minimum atomic E-state index is -0.0100. The lowest BCUT2D eigenvalue weighted by Gasteiger charge is -2.32. The number of methoxy groups -OCH3 is 1. The van der Waals surface area contributed by atoms with Gasteiger partial charge in [-0.15, -0.1) is 0 Å². The Bertz CT molecular complexity index is 430. The molecule has 0 saturated carbocycles. The molecule has 18 heavy (non-hydrogen) atoms. The molecular formula is C13H16N2O3. The van der Waals surface area contributed by atoms with E-state index in [4.69, 9.17) is 4.74 Å². The molecule has 2 rings (SSSR count). The highest BCUT2D eigenvalue weighted by Gasteiger charge is 2.22. The van der Waals surface area contributed by atoms with Crippen molar-refractivity contribution in [3.8, 4) is 5.75 Å². The molecule has 1 fully saturated rings. The van der Waals surface area contributed by atoms with Gasteiger partial charge in [0, 0.05) is 19.6 Å². The largest absolute Gasteiger partial charge is 0.497 e. The van der Waals surface area contributed by atoms with Crippen LogP contribution < -0.4 is 4.74 Å². The van der Waals surface area contributed by atoms with Crippen molar-refractivity contribution in [2.75, 3.05) is 26.7 Å². The van der Waals surface area contributed by atoms with E-state index in [1.807, 2.05) is 24.3 Å². The Morgan fingerprint density at radius 3 is 2.56 bits per heavy atom. The number of carbonyl (C=O) groups is 2. The quantitative estimate of drug-likeness (QED) is 0.729. The molecule has 0 bridgehead atoms. The third-order valence-corrected chi connectivity index (χ3v) is 3.03. The van der Waals surface area contributed by atoms with Gasteiger partial charge in [0.15, 0.2) is 0 Å². The molecule has 1 aromatic carbocycles. The van der Waals surface area contributed by atoms with Crippen LogP contribution in [0.15, 0.2) is 24.3 Å². The van der Waals surface area contributed by atoms with Crippen molar-refractivity contribution in [2.24, 2.45) is 0 Å². The number of benzene rings is 1. The summed E-state index contributed by atoms with van der Waals surface area (Å²) in [5.41, 5.74) is 1.06. The van der Waals surface area contributed by atoms with Crippen LogP contribution >= 0.6 is 0 Å². The lowest BCUT2D eigenvalue weighted by molar-refractivity contribution is -0.140. The summed E-state index contributed by atoms with van der Waals surface area (Å²) in [6.07, 6.45) is 0.725. The van der Waals surface area contributed by atoms with Gasteiger partial charge >= 0.3 is 0 Å². The van der Waals surface area contributed by atoms with Gasteiger partial charge in [-0.1, -0.05) is 12.1 Å². The topological polar surface area (TPSA) is 49.9 Å². The Kier molecular flexibility index (Phi) is 3.82. The Morgan fingerprint density at radius 2 is 2.00 bits per heavy atom. The lowest BCUT2D eigenvalue weighted by Crippen LogP contribution is -2.49. The molecule has 0 aliphatic carbocycles. The standard InChI is InChI=1S/C13H16N2O3/c1-18-12-4-2-11(3-5-12)8-15-7-6-14(10-16)9-13(15)17/h2-5,10H,6-9H2,1H3. The van der Waals surface area contributed by atoms with Crippen LogP contribution in [0, 0.1) is 0 Å². The molecule has 5 nitrogen and oxygen atoms in total. The van der Waals surface area contributed by atoms with Gasteiger partial charge in [-0.25, -0.2) is 0 Å². The maximum atomic E-state index is 11.8. The summed E-state index contributed by atoms with van der Waals surface area (Å²) in [6.45, 7) is 1.95. The van der Waals surface area contributed by atoms with Crippen LogP contribution in [0.4, 0.5) is 0 Å². The van der Waals surface area contributed by atoms with Gasteiger partial charge < -0.3 is 14.5 Å². The molecule has 1 aliphatic heterocycles. The fourth-order valence-electron chi connectivity index (χ4n) is 1.94. The van der Waals surface area contributed by atoms with E-state index in [1.54, 1.807) is 12.0 Å². The molecule has 2 amide bonds. The summed E-state index contributed by atoms with van der Waals surface area (Å²) in [6, 6.07) is 7.64. The van der Waals surface area contributed by atoms with Crippen LogP contribution in [0.3, 0.4) is 0 Å². The highest BCUT2D eigenvalue weighted by atomic mass is 16.5. The summed E-state index contributed by atoms with van der Waals surface area (Å²) < 4.78 is 5.08. The first-order valence-corrected chi connectivity index (χ1v) is 5.83. The van der Waals surface area contributed by atoms with E-state index in [9.17, 15) is 9.59 Å². The van der Waals surface area contributed by atoms with Crippen molar-refractivity contribution >= 4 is 12.3 Å². The minimum absolute atomic E-state index is 0.0100. The van der Waals surface area contributed by atoms with Gasteiger partial charge in [-0.2, -0.15) is 0 Å². The number of nitrogens with zero attached hydrogens (tertiary/aromatic N) is 2. The summed E-state index contributed by atoms with van der Waals surface area (Å²) >= 11 is 0. The predicted octanol–water partition coefficient (Wildman–Crippen LogP) is 0.496. The fourth-order valence-corrected chi connectivity index (χ4v) is 1.94. The van der Waals surface area contributed by atoms with Crippen molar-refractivity contribution in [3.63, 3.8) is 0 Å². The monoisotopic (exact) mass is 248 g/mol. The average Bonchev–Trinajstić information content (AvgIpc) is 2.42. The maximum Gasteiger partial charge on any atom is 0.242 e. The highest BCUT2D eigenvalue weighted by molar-refractivity contribution is 5.81. The molecule has 96 valence electrons. The highest BCUT2D eigenvalue weighted by Crippen LogP contribution is 2.14. The molecule has 1 aromatic rings. The number of carbonyl (C=O) groups excluding carboxylic acids is 2. The third kappa shape index (κ3) is 2.80. The Hall–Kier alpha value is -2.04. The molecule has 0 aromatic heterocycles. The van der Waals surface area contributed by atoms with Crippen molar-refractivity contribution in [2.45, 2.75) is 6.54 Å². The summed E-state index contributed by atoms with van der Waals surface area (Å²) in [4.78, 5) is 25.6. The second kappa shape index (κ2) is 5.53. The second-order valence-electron chi connectivity index (χ2n) is 4.24. The zero-order valence-electron chi connectivity index (χ0n) is 10.3. The van der Waals surface area contributed by atoms with Crippen molar-refractivity contribution in [1.82, 2.24) is 9.80 Å². The van der Waals surface area contributed by atoms with Gasteiger partial charge in [-0.3, -0.25) is 9.59 Å². The van der Waals surface area contributed by atoms with E-state index >= 15 is 0 Å². The number of amides is 2. The molecule has 0 atom stereocenters. The number of hydrogen-bond donors (Lipinski definition) is 0. The summed E-state index contributed by atoms with van der Waals surface area (Å²) in [5, 5.41) is 0. The van der Waals surface area contributed by atoms with Crippen LogP contribution in [0.2, 0.25) is 0 Å². The fraction of sp³-hybridized carbons (Fsp3) is 0.385. The number of rotatable bonds is 4. The number of piperazine rings is 1. The maximum absolute atomic E-state index is 11.8. The minimum Gasteiger partial charge on any atom is -0.497 e. The van der Waals surface area contributed by atoms with E-state index in [0.717, 1.165) is 17.7 Å². The van der Waals surface area contributed by atoms with Crippen LogP contribution in [-0.2, 0) is 16.1 Å². The molecule has 5 heteroatoms. The molecule has 0 N–H and O–H groups in total. The Balaban J connectivity index is 1.96. The zero-order valence-corrected chi connectivity index (χ0v) is 10.3. The zero-order chi connectivity index (χ0) is 13.0. The van der Waals surface area contributed by atoms with Crippen LogP contribution in [0.25, 0.3) is 0 Å². The van der Waals surface area contributed by atoms with E-state index in [1.165, 1.54) is 4.90 Å². The van der Waals surface area contributed by atoms with E-state index in [2.05, 4.69) is 0 Å². The van der Waals surface area contributed by atoms with Gasteiger partial charge in [0.2, 0.25) is 12.3 Å². The number of ether oxygens (including phenoxy) is 1. The van der Waals surface area contributed by atoms with Crippen molar-refractivity contribution in [3.05, 3.63) is 29.8 Å². The van der Waals surface area contributed by atoms with E-state index in [-0.39, 0.29) is 12.5 Å². The first-order valence-electron chi connectivity index (χ1n) is 5.83. The molecule has 0 radical (unpaired) electrons. The first kappa shape index (κ1) is 12.4. The predicted molar refractivity (Wildman–Crippen MR) is 66.0 cm³/mol.